The van der Waals surface area contributed by atoms with E-state index in [2.05, 4.69) is 10.6 Å². The van der Waals surface area contributed by atoms with E-state index in [9.17, 15) is 9.59 Å². The Morgan fingerprint density at radius 3 is 2.67 bits per heavy atom. The summed E-state index contributed by atoms with van der Waals surface area (Å²) in [5, 5.41) is 13.7. The Morgan fingerprint density at radius 2 is 2.05 bits per heavy atom. The van der Waals surface area contributed by atoms with Gasteiger partial charge in [0.05, 0.1) is 13.7 Å². The van der Waals surface area contributed by atoms with Crippen molar-refractivity contribution in [2.75, 3.05) is 25.6 Å². The molecule has 1 rings (SSSR count). The van der Waals surface area contributed by atoms with Crippen LogP contribution in [-0.2, 0) is 4.79 Å². The largest absolute Gasteiger partial charge is 0.493 e. The van der Waals surface area contributed by atoms with E-state index >= 15 is 0 Å². The molecule has 0 radical (unpaired) electrons. The maximum atomic E-state index is 11.6. The lowest BCUT2D eigenvalue weighted by atomic mass is 10.2. The van der Waals surface area contributed by atoms with E-state index in [1.165, 1.54) is 0 Å². The van der Waals surface area contributed by atoms with Crippen LogP contribution in [0.25, 0.3) is 0 Å². The Morgan fingerprint density at radius 1 is 1.29 bits per heavy atom. The first-order valence-corrected chi connectivity index (χ1v) is 6.64. The highest BCUT2D eigenvalue weighted by atomic mass is 16.5. The van der Waals surface area contributed by atoms with Crippen LogP contribution in [0.1, 0.15) is 19.8 Å². The quantitative estimate of drug-likeness (QED) is 0.638. The molecule has 0 aromatic heterocycles. The number of aliphatic carboxylic acids is 1. The molecule has 0 aliphatic heterocycles. The molecule has 0 atom stereocenters. The molecule has 0 heterocycles. The highest BCUT2D eigenvalue weighted by Gasteiger charge is 2.07. The monoisotopic (exact) mass is 296 g/mol. The van der Waals surface area contributed by atoms with Gasteiger partial charge in [-0.1, -0.05) is 0 Å². The van der Waals surface area contributed by atoms with Gasteiger partial charge in [0.1, 0.15) is 0 Å². The molecule has 0 fully saturated rings. The zero-order valence-electron chi connectivity index (χ0n) is 12.1. The second-order valence-electron chi connectivity index (χ2n) is 4.18. The number of hydrogen-bond donors (Lipinski definition) is 3. The molecule has 1 aromatic carbocycles. The van der Waals surface area contributed by atoms with E-state index in [0.717, 1.165) is 0 Å². The van der Waals surface area contributed by atoms with Crippen LogP contribution < -0.4 is 20.1 Å². The van der Waals surface area contributed by atoms with Gasteiger partial charge in [0, 0.05) is 24.7 Å². The molecular weight excluding hydrogens is 276 g/mol. The van der Waals surface area contributed by atoms with Crippen molar-refractivity contribution in [3.8, 4) is 11.5 Å². The molecule has 0 unspecified atom stereocenters. The predicted molar refractivity (Wildman–Crippen MR) is 78.1 cm³/mol. The number of rotatable bonds is 8. The van der Waals surface area contributed by atoms with Crippen LogP contribution in [0.5, 0.6) is 11.5 Å². The number of hydrogen-bond acceptors (Lipinski definition) is 4. The fraction of sp³-hybridized carbons (Fsp3) is 0.429. The zero-order valence-corrected chi connectivity index (χ0v) is 12.1. The Labute approximate surface area is 123 Å². The molecular formula is C14H20N2O5. The van der Waals surface area contributed by atoms with Gasteiger partial charge in [0.15, 0.2) is 11.5 Å². The molecule has 0 spiro atoms. The van der Waals surface area contributed by atoms with Gasteiger partial charge in [-0.15, -0.1) is 0 Å². The molecule has 0 saturated carbocycles. The maximum Gasteiger partial charge on any atom is 0.319 e. The standard InChI is InChI=1S/C14H20N2O5/c1-3-21-12-9-10(6-7-11(12)20-2)16-14(19)15-8-4-5-13(17)18/h6-7,9H,3-5,8H2,1-2H3,(H,17,18)(H2,15,16,19). The average Bonchev–Trinajstić information content (AvgIpc) is 2.44. The van der Waals surface area contributed by atoms with Gasteiger partial charge >= 0.3 is 12.0 Å². The number of ether oxygens (including phenoxy) is 2. The van der Waals surface area contributed by atoms with Gasteiger partial charge in [-0.3, -0.25) is 4.79 Å². The van der Waals surface area contributed by atoms with Crippen molar-refractivity contribution >= 4 is 17.7 Å². The Kier molecular flexibility index (Phi) is 6.86. The lowest BCUT2D eigenvalue weighted by molar-refractivity contribution is -0.137. The third kappa shape index (κ3) is 6.03. The number of carbonyl (C=O) groups excluding carboxylic acids is 1. The maximum absolute atomic E-state index is 11.6. The van der Waals surface area contributed by atoms with Crippen molar-refractivity contribution in [3.63, 3.8) is 0 Å². The minimum Gasteiger partial charge on any atom is -0.493 e. The third-order valence-corrected chi connectivity index (χ3v) is 2.57. The first kappa shape index (κ1) is 16.6. The van der Waals surface area contributed by atoms with Crippen LogP contribution in [0.15, 0.2) is 18.2 Å². The zero-order chi connectivity index (χ0) is 15.7. The molecule has 0 aliphatic carbocycles. The number of carboxylic acid groups (broad SMARTS) is 1. The summed E-state index contributed by atoms with van der Waals surface area (Å²) in [4.78, 5) is 22.0. The summed E-state index contributed by atoms with van der Waals surface area (Å²) in [6.45, 7) is 2.64. The molecule has 2 amide bonds. The fourth-order valence-corrected chi connectivity index (χ4v) is 1.64. The van der Waals surface area contributed by atoms with Gasteiger partial charge in [-0.25, -0.2) is 4.79 Å². The number of nitrogens with one attached hydrogen (secondary N) is 2. The molecule has 3 N–H and O–H groups in total. The van der Waals surface area contributed by atoms with E-state index in [-0.39, 0.29) is 6.42 Å². The van der Waals surface area contributed by atoms with Crippen LogP contribution in [0, 0.1) is 0 Å². The van der Waals surface area contributed by atoms with Crippen LogP contribution in [0.4, 0.5) is 10.5 Å². The highest BCUT2D eigenvalue weighted by Crippen LogP contribution is 2.30. The van der Waals surface area contributed by atoms with Gasteiger partial charge in [-0.05, 0) is 25.5 Å². The first-order chi connectivity index (χ1) is 10.1. The number of urea groups is 1. The smallest absolute Gasteiger partial charge is 0.319 e. The Bertz CT molecular complexity index is 490. The minimum absolute atomic E-state index is 0.0251. The van der Waals surface area contributed by atoms with Gasteiger partial charge in [0.25, 0.3) is 0 Å². The molecule has 7 nitrogen and oxygen atoms in total. The van der Waals surface area contributed by atoms with Crippen molar-refractivity contribution < 1.29 is 24.2 Å². The SMILES string of the molecule is CCOc1cc(NC(=O)NCCCC(=O)O)ccc1OC. The number of benzene rings is 1. The number of anilines is 1. The van der Waals surface area contributed by atoms with Crippen molar-refractivity contribution in [3.05, 3.63) is 18.2 Å². The summed E-state index contributed by atoms with van der Waals surface area (Å²) in [5.41, 5.74) is 0.565. The normalized spacial score (nSPS) is 9.81. The van der Waals surface area contributed by atoms with E-state index in [1.807, 2.05) is 6.92 Å². The number of carboxylic acids is 1. The van der Waals surface area contributed by atoms with Gasteiger partial charge in [-0.2, -0.15) is 0 Å². The summed E-state index contributed by atoms with van der Waals surface area (Å²) >= 11 is 0. The average molecular weight is 296 g/mol. The van der Waals surface area contributed by atoms with Gasteiger partial charge < -0.3 is 25.2 Å². The Hall–Kier alpha value is -2.44. The van der Waals surface area contributed by atoms with Gasteiger partial charge in [0.2, 0.25) is 0 Å². The lowest BCUT2D eigenvalue weighted by Crippen LogP contribution is -2.29. The molecule has 7 heteroatoms. The first-order valence-electron chi connectivity index (χ1n) is 6.64. The van der Waals surface area contributed by atoms with Crippen molar-refractivity contribution in [2.24, 2.45) is 0 Å². The van der Waals surface area contributed by atoms with Crippen LogP contribution in [-0.4, -0.2) is 37.4 Å². The van der Waals surface area contributed by atoms with Crippen molar-refractivity contribution in [2.45, 2.75) is 19.8 Å². The van der Waals surface area contributed by atoms with E-state index in [0.29, 0.717) is 36.8 Å². The summed E-state index contributed by atoms with van der Waals surface area (Å²) in [5.74, 6) is 0.252. The molecule has 0 aliphatic rings. The van der Waals surface area contributed by atoms with E-state index < -0.39 is 12.0 Å². The third-order valence-electron chi connectivity index (χ3n) is 2.57. The number of carbonyl (C=O) groups is 2. The number of amides is 2. The second kappa shape index (κ2) is 8.68. The van der Waals surface area contributed by atoms with E-state index in [1.54, 1.807) is 25.3 Å². The molecule has 21 heavy (non-hydrogen) atoms. The summed E-state index contributed by atoms with van der Waals surface area (Å²) in [6.07, 6.45) is 0.410. The lowest BCUT2D eigenvalue weighted by Gasteiger charge is -2.12. The fourth-order valence-electron chi connectivity index (χ4n) is 1.64. The van der Waals surface area contributed by atoms with Crippen molar-refractivity contribution in [1.82, 2.24) is 5.32 Å². The predicted octanol–water partition coefficient (Wildman–Crippen LogP) is 2.08. The summed E-state index contributed by atoms with van der Waals surface area (Å²) < 4.78 is 10.6. The Balaban J connectivity index is 2.51. The van der Waals surface area contributed by atoms with E-state index in [4.69, 9.17) is 14.6 Å². The number of methoxy groups -OCH3 is 1. The minimum atomic E-state index is -0.881. The summed E-state index contributed by atoms with van der Waals surface area (Å²) in [7, 11) is 1.54. The van der Waals surface area contributed by atoms with Crippen LogP contribution >= 0.6 is 0 Å². The highest BCUT2D eigenvalue weighted by molar-refractivity contribution is 5.89. The molecule has 116 valence electrons. The topological polar surface area (TPSA) is 96.9 Å². The van der Waals surface area contributed by atoms with Crippen LogP contribution in [0.3, 0.4) is 0 Å². The second-order valence-corrected chi connectivity index (χ2v) is 4.18. The molecule has 0 bridgehead atoms. The summed E-state index contributed by atoms with van der Waals surface area (Å²) in [6, 6.07) is 4.66. The molecule has 0 saturated heterocycles. The molecule has 1 aromatic rings. The van der Waals surface area contributed by atoms with Crippen LogP contribution in [0.2, 0.25) is 0 Å². The van der Waals surface area contributed by atoms with Crippen molar-refractivity contribution in [1.29, 1.82) is 0 Å².